The molecule has 22 heavy (non-hydrogen) atoms. The lowest BCUT2D eigenvalue weighted by atomic mass is 10.1. The number of unbranched alkanes of at least 4 members (excludes halogenated alkanes) is 3. The fourth-order valence-corrected chi connectivity index (χ4v) is 2.19. The highest BCUT2D eigenvalue weighted by Crippen LogP contribution is 2.00. The van der Waals surface area contributed by atoms with Crippen LogP contribution >= 0.6 is 12.2 Å². The molecule has 0 radical (unpaired) electrons. The van der Waals surface area contributed by atoms with Gasteiger partial charge in [0.05, 0.1) is 0 Å². The van der Waals surface area contributed by atoms with E-state index in [4.69, 9.17) is 18.0 Å². The summed E-state index contributed by atoms with van der Waals surface area (Å²) >= 11 is 5.19. The molecule has 0 atom stereocenters. The summed E-state index contributed by atoms with van der Waals surface area (Å²) in [7, 11) is 0. The molecule has 0 aliphatic heterocycles. The summed E-state index contributed by atoms with van der Waals surface area (Å²) in [6.45, 7) is 3.75. The van der Waals surface area contributed by atoms with Crippen LogP contribution in [0.2, 0.25) is 0 Å². The number of thiocarbonyl (C=S) groups is 1. The van der Waals surface area contributed by atoms with Crippen LogP contribution in [-0.2, 0) is 6.42 Å². The van der Waals surface area contributed by atoms with Gasteiger partial charge in [-0.2, -0.15) is 0 Å². The van der Waals surface area contributed by atoms with E-state index in [1.54, 1.807) is 0 Å². The summed E-state index contributed by atoms with van der Waals surface area (Å²) in [5.41, 5.74) is 7.07. The Morgan fingerprint density at radius 1 is 1.23 bits per heavy atom. The molecule has 1 aromatic heterocycles. The van der Waals surface area contributed by atoms with Crippen molar-refractivity contribution >= 4 is 23.3 Å². The lowest BCUT2D eigenvalue weighted by molar-refractivity contribution is 0.674. The number of aliphatic imine (C=N–C) groups is 1. The van der Waals surface area contributed by atoms with Gasteiger partial charge in [0.1, 0.15) is 0 Å². The zero-order valence-electron chi connectivity index (χ0n) is 13.3. The van der Waals surface area contributed by atoms with Crippen LogP contribution in [0.5, 0.6) is 0 Å². The maximum Gasteiger partial charge on any atom is 0.194 e. The minimum Gasteiger partial charge on any atom is -0.370 e. The Morgan fingerprint density at radius 3 is 2.73 bits per heavy atom. The van der Waals surface area contributed by atoms with Crippen molar-refractivity contribution < 1.29 is 0 Å². The number of hydrogen-bond acceptors (Lipinski definition) is 3. The molecule has 0 aromatic carbocycles. The summed E-state index contributed by atoms with van der Waals surface area (Å²) in [4.78, 5) is 8.26. The SMILES string of the molecule is CCCCCCN=C(N)NC(=S)NCCCc1ccncc1. The van der Waals surface area contributed by atoms with Gasteiger partial charge in [0.25, 0.3) is 0 Å². The maximum absolute atomic E-state index is 5.79. The van der Waals surface area contributed by atoms with Gasteiger partial charge < -0.3 is 16.4 Å². The highest BCUT2D eigenvalue weighted by atomic mass is 32.1. The van der Waals surface area contributed by atoms with Gasteiger partial charge in [-0.15, -0.1) is 0 Å². The third kappa shape index (κ3) is 9.28. The molecule has 0 amide bonds. The van der Waals surface area contributed by atoms with Crippen molar-refractivity contribution in [2.45, 2.75) is 45.4 Å². The van der Waals surface area contributed by atoms with E-state index in [0.717, 1.165) is 32.4 Å². The fourth-order valence-electron chi connectivity index (χ4n) is 1.98. The summed E-state index contributed by atoms with van der Waals surface area (Å²) < 4.78 is 0. The highest BCUT2D eigenvalue weighted by molar-refractivity contribution is 7.80. The topological polar surface area (TPSA) is 75.3 Å². The molecule has 0 aliphatic carbocycles. The maximum atomic E-state index is 5.79. The van der Waals surface area contributed by atoms with Crippen LogP contribution in [0.4, 0.5) is 0 Å². The minimum absolute atomic E-state index is 0.392. The Kier molecular flexibility index (Phi) is 9.94. The summed E-state index contributed by atoms with van der Waals surface area (Å²) in [5.74, 6) is 0.392. The average Bonchev–Trinajstić information content (AvgIpc) is 2.52. The molecule has 0 bridgehead atoms. The van der Waals surface area contributed by atoms with Crippen LogP contribution in [0.25, 0.3) is 0 Å². The molecule has 0 aliphatic rings. The number of nitrogens with two attached hydrogens (primary N) is 1. The first kappa shape index (κ1) is 18.4. The zero-order valence-corrected chi connectivity index (χ0v) is 14.2. The number of rotatable bonds is 9. The lowest BCUT2D eigenvalue weighted by Gasteiger charge is -2.09. The minimum atomic E-state index is 0.392. The number of pyridine rings is 1. The summed E-state index contributed by atoms with van der Waals surface area (Å²) in [5, 5.41) is 6.58. The van der Waals surface area contributed by atoms with E-state index in [1.807, 2.05) is 24.5 Å². The van der Waals surface area contributed by atoms with Crippen LogP contribution < -0.4 is 16.4 Å². The van der Waals surface area contributed by atoms with Crippen molar-refractivity contribution in [2.75, 3.05) is 13.1 Å². The smallest absolute Gasteiger partial charge is 0.194 e. The average molecular weight is 321 g/mol. The van der Waals surface area contributed by atoms with Crippen LogP contribution in [0.3, 0.4) is 0 Å². The zero-order chi connectivity index (χ0) is 16.0. The van der Waals surface area contributed by atoms with Gasteiger partial charge in [0.2, 0.25) is 0 Å². The molecular formula is C16H27N5S. The van der Waals surface area contributed by atoms with E-state index >= 15 is 0 Å². The first-order chi connectivity index (χ1) is 10.7. The Hall–Kier alpha value is -1.69. The van der Waals surface area contributed by atoms with E-state index in [0.29, 0.717) is 11.1 Å². The summed E-state index contributed by atoms with van der Waals surface area (Å²) in [6, 6.07) is 4.06. The highest BCUT2D eigenvalue weighted by Gasteiger charge is 1.98. The molecule has 122 valence electrons. The number of nitrogens with zero attached hydrogens (tertiary/aromatic N) is 2. The van der Waals surface area contributed by atoms with Gasteiger partial charge in [0, 0.05) is 25.5 Å². The second-order valence-corrected chi connectivity index (χ2v) is 5.58. The molecule has 1 rings (SSSR count). The largest absolute Gasteiger partial charge is 0.370 e. The normalized spacial score (nSPS) is 11.2. The molecule has 6 heteroatoms. The molecule has 0 saturated carbocycles. The molecule has 0 saturated heterocycles. The van der Waals surface area contributed by atoms with Crippen LogP contribution in [0, 0.1) is 0 Å². The van der Waals surface area contributed by atoms with E-state index in [9.17, 15) is 0 Å². The predicted octanol–water partition coefficient (Wildman–Crippen LogP) is 2.37. The number of nitrogens with one attached hydrogen (secondary N) is 2. The monoisotopic (exact) mass is 321 g/mol. The van der Waals surface area contributed by atoms with Gasteiger partial charge in [-0.1, -0.05) is 26.2 Å². The first-order valence-electron chi connectivity index (χ1n) is 7.96. The standard InChI is InChI=1S/C16H27N5S/c1-2-3-4-5-10-19-15(17)21-16(22)20-11-6-7-14-8-12-18-13-9-14/h8-9,12-13H,2-7,10-11H2,1H3,(H4,17,19,20,21,22). The van der Waals surface area contributed by atoms with Gasteiger partial charge in [-0.25, -0.2) is 0 Å². The quantitative estimate of drug-likeness (QED) is 0.282. The van der Waals surface area contributed by atoms with Crippen molar-refractivity contribution in [1.82, 2.24) is 15.6 Å². The Morgan fingerprint density at radius 2 is 2.00 bits per heavy atom. The van der Waals surface area contributed by atoms with Crippen molar-refractivity contribution in [1.29, 1.82) is 0 Å². The molecular weight excluding hydrogens is 294 g/mol. The van der Waals surface area contributed by atoms with Crippen LogP contribution in [0.15, 0.2) is 29.5 Å². The van der Waals surface area contributed by atoms with Crippen molar-refractivity contribution in [3.63, 3.8) is 0 Å². The second-order valence-electron chi connectivity index (χ2n) is 5.17. The Labute approximate surface area is 138 Å². The molecule has 5 nitrogen and oxygen atoms in total. The summed E-state index contributed by atoms with van der Waals surface area (Å²) in [6.07, 6.45) is 10.4. The van der Waals surface area contributed by atoms with Gasteiger partial charge in [0.15, 0.2) is 11.1 Å². The number of hydrogen-bond donors (Lipinski definition) is 3. The molecule has 4 N–H and O–H groups in total. The number of guanidine groups is 1. The van der Waals surface area contributed by atoms with E-state index in [2.05, 4.69) is 27.5 Å². The molecule has 0 spiro atoms. The van der Waals surface area contributed by atoms with Crippen LogP contribution in [-0.4, -0.2) is 29.1 Å². The van der Waals surface area contributed by atoms with Gasteiger partial charge >= 0.3 is 0 Å². The lowest BCUT2D eigenvalue weighted by Crippen LogP contribution is -2.43. The van der Waals surface area contributed by atoms with Crippen molar-refractivity contribution in [2.24, 2.45) is 10.7 Å². The molecule has 0 unspecified atom stereocenters. The van der Waals surface area contributed by atoms with Gasteiger partial charge in [-0.3, -0.25) is 9.98 Å². The van der Waals surface area contributed by atoms with E-state index in [-0.39, 0.29) is 0 Å². The van der Waals surface area contributed by atoms with Crippen LogP contribution in [0.1, 0.15) is 44.6 Å². The van der Waals surface area contributed by atoms with Crippen molar-refractivity contribution in [3.05, 3.63) is 30.1 Å². The third-order valence-corrected chi connectivity index (χ3v) is 3.46. The number of aromatic nitrogens is 1. The van der Waals surface area contributed by atoms with E-state index in [1.165, 1.54) is 24.8 Å². The van der Waals surface area contributed by atoms with E-state index < -0.39 is 0 Å². The van der Waals surface area contributed by atoms with Gasteiger partial charge in [-0.05, 0) is 49.2 Å². The molecule has 1 heterocycles. The number of aryl methyl sites for hydroxylation is 1. The first-order valence-corrected chi connectivity index (χ1v) is 8.37. The predicted molar refractivity (Wildman–Crippen MR) is 96.9 cm³/mol. The Bertz CT molecular complexity index is 447. The molecule has 1 aromatic rings. The molecule has 0 fully saturated rings. The second kappa shape index (κ2) is 11.9. The fraction of sp³-hybridized carbons (Fsp3) is 0.562. The van der Waals surface area contributed by atoms with Crippen molar-refractivity contribution in [3.8, 4) is 0 Å². The third-order valence-electron chi connectivity index (χ3n) is 3.21. The Balaban J connectivity index is 2.08.